The van der Waals surface area contributed by atoms with Crippen molar-refractivity contribution >= 4 is 12.6 Å². The van der Waals surface area contributed by atoms with E-state index in [9.17, 15) is 0 Å². The van der Waals surface area contributed by atoms with Gasteiger partial charge in [0.1, 0.15) is 5.76 Å². The molecule has 1 aromatic rings. The van der Waals surface area contributed by atoms with Crippen LogP contribution >= 0.6 is 12.6 Å². The SMILES string of the molecule is CC(C)Cc1onc(CS)c1C(C)C. The summed E-state index contributed by atoms with van der Waals surface area (Å²) in [7, 11) is 0. The van der Waals surface area contributed by atoms with Crippen molar-refractivity contribution in [3.63, 3.8) is 0 Å². The topological polar surface area (TPSA) is 26.0 Å². The molecule has 0 aliphatic heterocycles. The highest BCUT2D eigenvalue weighted by molar-refractivity contribution is 7.79. The van der Waals surface area contributed by atoms with Crippen molar-refractivity contribution in [1.29, 1.82) is 0 Å². The van der Waals surface area contributed by atoms with Crippen LogP contribution in [0.4, 0.5) is 0 Å². The highest BCUT2D eigenvalue weighted by Crippen LogP contribution is 2.26. The second-order valence-electron chi connectivity index (χ2n) is 4.38. The Morgan fingerprint density at radius 1 is 1.29 bits per heavy atom. The molecule has 0 fully saturated rings. The van der Waals surface area contributed by atoms with Crippen molar-refractivity contribution in [2.75, 3.05) is 0 Å². The molecule has 0 unspecified atom stereocenters. The van der Waals surface area contributed by atoms with Gasteiger partial charge in [-0.1, -0.05) is 32.9 Å². The van der Waals surface area contributed by atoms with E-state index in [1.807, 2.05) is 0 Å². The number of thiol groups is 1. The molecule has 0 radical (unpaired) electrons. The van der Waals surface area contributed by atoms with Gasteiger partial charge in [0.05, 0.1) is 5.69 Å². The largest absolute Gasteiger partial charge is 0.361 e. The molecule has 0 saturated heterocycles. The molecule has 0 bridgehead atoms. The molecule has 1 aromatic heterocycles. The minimum Gasteiger partial charge on any atom is -0.361 e. The molecule has 1 heterocycles. The summed E-state index contributed by atoms with van der Waals surface area (Å²) >= 11 is 4.26. The van der Waals surface area contributed by atoms with Crippen LogP contribution in [0.25, 0.3) is 0 Å². The molecule has 14 heavy (non-hydrogen) atoms. The van der Waals surface area contributed by atoms with E-state index in [0.717, 1.165) is 17.9 Å². The molecular weight excluding hydrogens is 194 g/mol. The van der Waals surface area contributed by atoms with Gasteiger partial charge >= 0.3 is 0 Å². The summed E-state index contributed by atoms with van der Waals surface area (Å²) in [5.74, 6) is 2.78. The average Bonchev–Trinajstić information content (AvgIpc) is 2.46. The summed E-state index contributed by atoms with van der Waals surface area (Å²) in [6.07, 6.45) is 0.967. The minimum absolute atomic E-state index is 0.470. The summed E-state index contributed by atoms with van der Waals surface area (Å²) in [5.41, 5.74) is 2.26. The average molecular weight is 213 g/mol. The van der Waals surface area contributed by atoms with Crippen molar-refractivity contribution < 1.29 is 4.52 Å². The highest BCUT2D eigenvalue weighted by atomic mass is 32.1. The van der Waals surface area contributed by atoms with Gasteiger partial charge in [0.15, 0.2) is 0 Å². The van der Waals surface area contributed by atoms with Crippen LogP contribution in [0.1, 0.15) is 50.6 Å². The molecule has 80 valence electrons. The first kappa shape index (κ1) is 11.6. The first-order chi connectivity index (χ1) is 6.56. The quantitative estimate of drug-likeness (QED) is 0.775. The van der Waals surface area contributed by atoms with Gasteiger partial charge in [-0.3, -0.25) is 0 Å². The summed E-state index contributed by atoms with van der Waals surface area (Å²) in [6.45, 7) is 8.71. The van der Waals surface area contributed by atoms with Gasteiger partial charge in [-0.05, 0) is 11.8 Å². The normalized spacial score (nSPS) is 11.6. The lowest BCUT2D eigenvalue weighted by Gasteiger charge is -2.07. The second-order valence-corrected chi connectivity index (χ2v) is 4.69. The summed E-state index contributed by atoms with van der Waals surface area (Å²) < 4.78 is 5.36. The zero-order valence-corrected chi connectivity index (χ0v) is 10.3. The fraction of sp³-hybridized carbons (Fsp3) is 0.727. The molecule has 0 spiro atoms. The van der Waals surface area contributed by atoms with Crippen LogP contribution in [0, 0.1) is 5.92 Å². The van der Waals surface area contributed by atoms with E-state index in [-0.39, 0.29) is 0 Å². The second kappa shape index (κ2) is 4.87. The van der Waals surface area contributed by atoms with E-state index >= 15 is 0 Å². The van der Waals surface area contributed by atoms with Crippen molar-refractivity contribution in [3.8, 4) is 0 Å². The lowest BCUT2D eigenvalue weighted by atomic mass is 9.97. The van der Waals surface area contributed by atoms with Crippen LogP contribution in [0.15, 0.2) is 4.52 Å². The molecule has 2 nitrogen and oxygen atoms in total. The minimum atomic E-state index is 0.470. The molecule has 0 saturated carbocycles. The Morgan fingerprint density at radius 2 is 1.93 bits per heavy atom. The summed E-state index contributed by atoms with van der Waals surface area (Å²) in [5, 5.41) is 4.06. The van der Waals surface area contributed by atoms with Crippen LogP contribution in [0.5, 0.6) is 0 Å². The molecular formula is C11H19NOS. The zero-order chi connectivity index (χ0) is 10.7. The first-order valence-corrected chi connectivity index (χ1v) is 5.77. The third kappa shape index (κ3) is 2.53. The van der Waals surface area contributed by atoms with Crippen molar-refractivity contribution in [1.82, 2.24) is 5.16 Å². The molecule has 0 amide bonds. The van der Waals surface area contributed by atoms with Crippen molar-refractivity contribution in [2.45, 2.75) is 45.8 Å². The Labute approximate surface area is 91.5 Å². The van der Waals surface area contributed by atoms with Crippen LogP contribution in [-0.2, 0) is 12.2 Å². The Balaban J connectivity index is 2.98. The third-order valence-corrected chi connectivity index (χ3v) is 2.50. The van der Waals surface area contributed by atoms with Crippen molar-refractivity contribution in [2.24, 2.45) is 5.92 Å². The van der Waals surface area contributed by atoms with Gasteiger partial charge in [-0.2, -0.15) is 12.6 Å². The molecule has 0 aromatic carbocycles. The van der Waals surface area contributed by atoms with Crippen molar-refractivity contribution in [3.05, 3.63) is 17.0 Å². The Bertz CT molecular complexity index is 291. The predicted octanol–water partition coefficient (Wildman–Crippen LogP) is 3.43. The smallest absolute Gasteiger partial charge is 0.140 e. The Kier molecular flexibility index (Phi) is 4.05. The van der Waals surface area contributed by atoms with Gasteiger partial charge < -0.3 is 4.52 Å². The van der Waals surface area contributed by atoms with Gasteiger partial charge in [0.25, 0.3) is 0 Å². The standard InChI is InChI=1S/C11H19NOS/c1-7(2)5-10-11(8(3)4)9(6-14)12-13-10/h7-8,14H,5-6H2,1-4H3. The van der Waals surface area contributed by atoms with E-state index in [0.29, 0.717) is 17.6 Å². The van der Waals surface area contributed by atoms with Gasteiger partial charge in [-0.25, -0.2) is 0 Å². The van der Waals surface area contributed by atoms with E-state index < -0.39 is 0 Å². The van der Waals surface area contributed by atoms with Gasteiger partial charge in [0.2, 0.25) is 0 Å². The van der Waals surface area contributed by atoms with Gasteiger partial charge in [0, 0.05) is 17.7 Å². The lowest BCUT2D eigenvalue weighted by molar-refractivity contribution is 0.363. The highest BCUT2D eigenvalue weighted by Gasteiger charge is 2.18. The lowest BCUT2D eigenvalue weighted by Crippen LogP contribution is -1.99. The monoisotopic (exact) mass is 213 g/mol. The molecule has 0 atom stereocenters. The molecule has 3 heteroatoms. The van der Waals surface area contributed by atoms with Gasteiger partial charge in [-0.15, -0.1) is 0 Å². The Hall–Kier alpha value is -0.440. The zero-order valence-electron chi connectivity index (χ0n) is 9.37. The maximum atomic E-state index is 5.36. The fourth-order valence-corrected chi connectivity index (χ4v) is 1.88. The first-order valence-electron chi connectivity index (χ1n) is 5.14. The Morgan fingerprint density at radius 3 is 2.36 bits per heavy atom. The molecule has 0 aliphatic carbocycles. The van der Waals surface area contributed by atoms with Crippen LogP contribution < -0.4 is 0 Å². The van der Waals surface area contributed by atoms with E-state index in [2.05, 4.69) is 45.5 Å². The number of hydrogen-bond acceptors (Lipinski definition) is 3. The fourth-order valence-electron chi connectivity index (χ4n) is 1.66. The van der Waals surface area contributed by atoms with E-state index in [4.69, 9.17) is 4.52 Å². The summed E-state index contributed by atoms with van der Waals surface area (Å²) in [6, 6.07) is 0. The van der Waals surface area contributed by atoms with E-state index in [1.54, 1.807) is 0 Å². The van der Waals surface area contributed by atoms with Crippen LogP contribution in [0.3, 0.4) is 0 Å². The molecule has 0 aliphatic rings. The number of nitrogens with zero attached hydrogens (tertiary/aromatic N) is 1. The molecule has 0 N–H and O–H groups in total. The maximum absolute atomic E-state index is 5.36. The number of aromatic nitrogens is 1. The number of rotatable bonds is 4. The maximum Gasteiger partial charge on any atom is 0.140 e. The van der Waals surface area contributed by atoms with Crippen LogP contribution in [0.2, 0.25) is 0 Å². The predicted molar refractivity (Wildman–Crippen MR) is 61.8 cm³/mol. The van der Waals surface area contributed by atoms with E-state index in [1.165, 1.54) is 5.56 Å². The number of hydrogen-bond donors (Lipinski definition) is 1. The molecule has 1 rings (SSSR count). The third-order valence-electron chi connectivity index (χ3n) is 2.20. The summed E-state index contributed by atoms with van der Waals surface area (Å²) in [4.78, 5) is 0. The van der Waals surface area contributed by atoms with Crippen LogP contribution in [-0.4, -0.2) is 5.16 Å².